The van der Waals surface area contributed by atoms with Crippen LogP contribution in [0.2, 0.25) is 0 Å². The summed E-state index contributed by atoms with van der Waals surface area (Å²) < 4.78 is 12.8. The molecular formula is C14H8FN3O3. The van der Waals surface area contributed by atoms with Crippen molar-refractivity contribution in [3.8, 4) is 0 Å². The first-order valence-corrected chi connectivity index (χ1v) is 5.94. The molecule has 1 aromatic carbocycles. The Hall–Kier alpha value is -3.09. The molecule has 1 aliphatic rings. The Labute approximate surface area is 118 Å². The van der Waals surface area contributed by atoms with Crippen molar-refractivity contribution in [2.24, 2.45) is 0 Å². The number of hydrogen-bond acceptors (Lipinski definition) is 5. The zero-order chi connectivity index (χ0) is 15.1. The predicted molar refractivity (Wildman–Crippen MR) is 69.9 cm³/mol. The fraction of sp³-hybridized carbons (Fsp3) is 0. The molecule has 1 aliphatic heterocycles. The highest BCUT2D eigenvalue weighted by molar-refractivity contribution is 6.32. The van der Waals surface area contributed by atoms with Crippen molar-refractivity contribution >= 4 is 23.4 Å². The first-order valence-electron chi connectivity index (χ1n) is 5.94. The topological polar surface area (TPSA) is 93.4 Å². The molecule has 104 valence electrons. The zero-order valence-corrected chi connectivity index (χ0v) is 10.5. The molecule has 2 heterocycles. The van der Waals surface area contributed by atoms with Gasteiger partial charge in [0, 0.05) is 11.9 Å². The van der Waals surface area contributed by atoms with E-state index in [9.17, 15) is 18.8 Å². The van der Waals surface area contributed by atoms with Crippen LogP contribution in [0.1, 0.15) is 31.1 Å². The van der Waals surface area contributed by atoms with E-state index >= 15 is 0 Å². The van der Waals surface area contributed by atoms with Gasteiger partial charge in [0.05, 0.1) is 16.7 Å². The summed E-state index contributed by atoms with van der Waals surface area (Å²) in [7, 11) is 0. The Balaban J connectivity index is 2.04. The van der Waals surface area contributed by atoms with Crippen LogP contribution in [-0.2, 0) is 0 Å². The Morgan fingerprint density at radius 3 is 2.52 bits per heavy atom. The lowest BCUT2D eigenvalue weighted by Gasteiger charge is -2.11. The first-order chi connectivity index (χ1) is 10.0. The number of fused-ring (bicyclic) bond motifs is 1. The number of nitrogen functional groups attached to an aromatic ring is 1. The minimum atomic E-state index is -0.868. The summed E-state index contributed by atoms with van der Waals surface area (Å²) in [5.41, 5.74) is 5.81. The summed E-state index contributed by atoms with van der Waals surface area (Å²) in [4.78, 5) is 40.4. The number of amides is 3. The van der Waals surface area contributed by atoms with Gasteiger partial charge in [0.25, 0.3) is 17.7 Å². The van der Waals surface area contributed by atoms with Crippen LogP contribution in [0.4, 0.5) is 10.1 Å². The predicted octanol–water partition coefficient (Wildman–Crippen LogP) is 1.24. The number of imide groups is 3. The van der Waals surface area contributed by atoms with E-state index in [0.29, 0.717) is 4.90 Å². The van der Waals surface area contributed by atoms with Crippen LogP contribution in [-0.4, -0.2) is 27.6 Å². The average molecular weight is 285 g/mol. The Morgan fingerprint density at radius 2 is 1.90 bits per heavy atom. The molecule has 0 saturated heterocycles. The van der Waals surface area contributed by atoms with Crippen LogP contribution >= 0.6 is 0 Å². The molecule has 0 unspecified atom stereocenters. The Kier molecular flexibility index (Phi) is 2.76. The van der Waals surface area contributed by atoms with Gasteiger partial charge in [0.1, 0.15) is 0 Å². The highest BCUT2D eigenvalue weighted by Crippen LogP contribution is 2.28. The number of halogens is 1. The molecular weight excluding hydrogens is 277 g/mol. The largest absolute Gasteiger partial charge is 0.398 e. The van der Waals surface area contributed by atoms with Gasteiger partial charge < -0.3 is 5.73 Å². The van der Waals surface area contributed by atoms with Crippen LogP contribution < -0.4 is 5.73 Å². The zero-order valence-electron chi connectivity index (χ0n) is 10.5. The van der Waals surface area contributed by atoms with Gasteiger partial charge in [-0.25, -0.2) is 9.88 Å². The van der Waals surface area contributed by atoms with Crippen molar-refractivity contribution < 1.29 is 18.8 Å². The van der Waals surface area contributed by atoms with Crippen LogP contribution in [0.3, 0.4) is 0 Å². The number of nitrogens with two attached hydrogens (primary N) is 1. The van der Waals surface area contributed by atoms with Gasteiger partial charge in [0.15, 0.2) is 0 Å². The van der Waals surface area contributed by atoms with Gasteiger partial charge in [0.2, 0.25) is 5.95 Å². The molecule has 6 nitrogen and oxygen atoms in total. The molecule has 0 spiro atoms. The first kappa shape index (κ1) is 12.9. The van der Waals surface area contributed by atoms with Crippen LogP contribution in [0.5, 0.6) is 0 Å². The molecule has 21 heavy (non-hydrogen) atoms. The van der Waals surface area contributed by atoms with E-state index in [1.54, 1.807) is 0 Å². The maximum atomic E-state index is 12.8. The van der Waals surface area contributed by atoms with E-state index in [4.69, 9.17) is 5.73 Å². The van der Waals surface area contributed by atoms with Crippen molar-refractivity contribution in [2.45, 2.75) is 0 Å². The maximum Gasteiger partial charge on any atom is 0.270 e. The lowest BCUT2D eigenvalue weighted by molar-refractivity contribution is 0.0566. The highest BCUT2D eigenvalue weighted by atomic mass is 19.1. The summed E-state index contributed by atoms with van der Waals surface area (Å²) in [6.07, 6.45) is 0.963. The third kappa shape index (κ3) is 1.86. The van der Waals surface area contributed by atoms with Gasteiger partial charge in [-0.3, -0.25) is 14.4 Å². The molecule has 0 atom stereocenters. The van der Waals surface area contributed by atoms with E-state index in [0.717, 1.165) is 18.3 Å². The lowest BCUT2D eigenvalue weighted by Crippen LogP contribution is -2.36. The van der Waals surface area contributed by atoms with E-state index in [2.05, 4.69) is 4.98 Å². The number of rotatable bonds is 1. The monoisotopic (exact) mass is 285 g/mol. The van der Waals surface area contributed by atoms with E-state index in [-0.39, 0.29) is 22.4 Å². The van der Waals surface area contributed by atoms with Gasteiger partial charge in [-0.15, -0.1) is 0 Å². The molecule has 2 aromatic rings. The molecule has 1 aromatic heterocycles. The SMILES string of the molecule is Nc1cccc2c1C(=O)N(C(=O)c1ccc(F)nc1)C2=O. The van der Waals surface area contributed by atoms with Crippen molar-refractivity contribution in [2.75, 3.05) is 5.73 Å². The summed E-state index contributed by atoms with van der Waals surface area (Å²) in [5, 5.41) is 0. The fourth-order valence-electron chi connectivity index (χ4n) is 2.13. The van der Waals surface area contributed by atoms with Crippen molar-refractivity contribution in [1.29, 1.82) is 0 Å². The third-order valence-electron chi connectivity index (χ3n) is 3.12. The molecule has 3 rings (SSSR count). The molecule has 0 saturated carbocycles. The normalized spacial score (nSPS) is 13.5. The van der Waals surface area contributed by atoms with Crippen molar-refractivity contribution in [3.63, 3.8) is 0 Å². The number of anilines is 1. The number of benzene rings is 1. The highest BCUT2D eigenvalue weighted by Gasteiger charge is 2.41. The Morgan fingerprint density at radius 1 is 1.14 bits per heavy atom. The summed E-state index contributed by atoms with van der Waals surface area (Å²) in [6.45, 7) is 0. The van der Waals surface area contributed by atoms with Crippen LogP contribution in [0.25, 0.3) is 0 Å². The van der Waals surface area contributed by atoms with Crippen molar-refractivity contribution in [3.05, 3.63) is 59.2 Å². The second kappa shape index (κ2) is 4.48. The summed E-state index contributed by atoms with van der Waals surface area (Å²) in [6, 6.07) is 6.53. The van der Waals surface area contributed by atoms with E-state index < -0.39 is 23.7 Å². The fourth-order valence-corrected chi connectivity index (χ4v) is 2.13. The Bertz CT molecular complexity index is 787. The van der Waals surface area contributed by atoms with Gasteiger partial charge >= 0.3 is 0 Å². The lowest BCUT2D eigenvalue weighted by atomic mass is 10.1. The number of nitrogens with zero attached hydrogens (tertiary/aromatic N) is 2. The molecule has 2 N–H and O–H groups in total. The second-order valence-corrected chi connectivity index (χ2v) is 4.39. The molecule has 3 amide bonds. The average Bonchev–Trinajstić information content (AvgIpc) is 2.72. The number of carbonyl (C=O) groups is 3. The molecule has 0 radical (unpaired) electrons. The summed E-state index contributed by atoms with van der Waals surface area (Å²) in [5.74, 6) is -3.18. The number of pyridine rings is 1. The number of hydrogen-bond donors (Lipinski definition) is 1. The van der Waals surface area contributed by atoms with Gasteiger partial charge in [-0.05, 0) is 24.3 Å². The number of aromatic nitrogens is 1. The molecule has 0 aliphatic carbocycles. The minimum Gasteiger partial charge on any atom is -0.398 e. The van der Waals surface area contributed by atoms with E-state index in [1.165, 1.54) is 18.2 Å². The van der Waals surface area contributed by atoms with Gasteiger partial charge in [-0.2, -0.15) is 4.39 Å². The van der Waals surface area contributed by atoms with Crippen LogP contribution in [0, 0.1) is 5.95 Å². The molecule has 0 fully saturated rings. The molecule has 0 bridgehead atoms. The van der Waals surface area contributed by atoms with E-state index in [1.807, 2.05) is 0 Å². The second-order valence-electron chi connectivity index (χ2n) is 4.39. The van der Waals surface area contributed by atoms with Crippen molar-refractivity contribution in [1.82, 2.24) is 9.88 Å². The van der Waals surface area contributed by atoms with Crippen LogP contribution in [0.15, 0.2) is 36.5 Å². The third-order valence-corrected chi connectivity index (χ3v) is 3.12. The summed E-state index contributed by atoms with van der Waals surface area (Å²) >= 11 is 0. The molecule has 7 heteroatoms. The standard InChI is InChI=1S/C14H8FN3O3/c15-10-5-4-7(6-17-10)12(19)18-13(20)8-2-1-3-9(16)11(8)14(18)21/h1-6H,16H2. The smallest absolute Gasteiger partial charge is 0.270 e. The van der Waals surface area contributed by atoms with Gasteiger partial charge in [-0.1, -0.05) is 6.07 Å². The number of carbonyl (C=O) groups excluding carboxylic acids is 3. The minimum absolute atomic E-state index is 0.00548. The quantitative estimate of drug-likeness (QED) is 0.483. The maximum absolute atomic E-state index is 12.8.